The highest BCUT2D eigenvalue weighted by Crippen LogP contribution is 1.86. The molecule has 80 valence electrons. The fourth-order valence-corrected chi connectivity index (χ4v) is 0.958. The van der Waals surface area contributed by atoms with Crippen LogP contribution in [0.5, 0.6) is 0 Å². The third-order valence-corrected chi connectivity index (χ3v) is 1.76. The summed E-state index contributed by atoms with van der Waals surface area (Å²) in [5.74, 6) is 2.20. The van der Waals surface area contributed by atoms with Crippen molar-refractivity contribution in [1.29, 1.82) is 0 Å². The lowest BCUT2D eigenvalue weighted by Crippen LogP contribution is -2.41. The van der Waals surface area contributed by atoms with Gasteiger partial charge in [-0.1, -0.05) is 0 Å². The molecule has 0 aromatic carbocycles. The summed E-state index contributed by atoms with van der Waals surface area (Å²) in [4.78, 5) is 13.3. The van der Waals surface area contributed by atoms with Crippen LogP contribution < -0.4 is 11.1 Å². The molecule has 0 rings (SSSR count). The minimum atomic E-state index is -0.570. The summed E-state index contributed by atoms with van der Waals surface area (Å²) in [5.41, 5.74) is 5.50. The first kappa shape index (κ1) is 12.9. The van der Waals surface area contributed by atoms with Crippen LogP contribution in [0.4, 0.5) is 0 Å². The Morgan fingerprint density at radius 1 is 1.64 bits per heavy atom. The Labute approximate surface area is 85.8 Å². The van der Waals surface area contributed by atoms with Gasteiger partial charge in [-0.05, 0) is 27.1 Å². The molecular weight excluding hydrogens is 178 g/mol. The summed E-state index contributed by atoms with van der Waals surface area (Å²) in [6.07, 6.45) is 6.25. The van der Waals surface area contributed by atoms with Crippen molar-refractivity contribution in [2.75, 3.05) is 27.2 Å². The first-order valence-corrected chi connectivity index (χ1v) is 4.69. The molecule has 0 aliphatic rings. The summed E-state index contributed by atoms with van der Waals surface area (Å²) >= 11 is 0. The van der Waals surface area contributed by atoms with Crippen LogP contribution in [0.3, 0.4) is 0 Å². The van der Waals surface area contributed by atoms with E-state index in [-0.39, 0.29) is 5.91 Å². The number of amides is 1. The molecule has 0 spiro atoms. The highest BCUT2D eigenvalue weighted by molar-refractivity contribution is 5.81. The molecule has 1 amide bonds. The van der Waals surface area contributed by atoms with Crippen molar-refractivity contribution >= 4 is 5.91 Å². The summed E-state index contributed by atoms with van der Waals surface area (Å²) in [5, 5.41) is 2.74. The number of nitrogens with one attached hydrogen (secondary N) is 1. The highest BCUT2D eigenvalue weighted by atomic mass is 16.2. The van der Waals surface area contributed by atoms with Crippen LogP contribution in [-0.2, 0) is 4.79 Å². The Hall–Kier alpha value is -1.05. The highest BCUT2D eigenvalue weighted by Gasteiger charge is 2.10. The number of nitrogens with two attached hydrogens (primary N) is 1. The van der Waals surface area contributed by atoms with Gasteiger partial charge in [0.1, 0.15) is 0 Å². The van der Waals surface area contributed by atoms with Gasteiger partial charge < -0.3 is 16.0 Å². The number of carbonyl (C=O) groups is 1. The second-order valence-corrected chi connectivity index (χ2v) is 3.46. The van der Waals surface area contributed by atoms with Gasteiger partial charge in [0.25, 0.3) is 0 Å². The number of terminal acetylenes is 1. The molecule has 1 atom stereocenters. The van der Waals surface area contributed by atoms with Crippen molar-refractivity contribution in [2.45, 2.75) is 18.9 Å². The van der Waals surface area contributed by atoms with Crippen LogP contribution in [0.1, 0.15) is 12.8 Å². The zero-order chi connectivity index (χ0) is 11.0. The maximum atomic E-state index is 11.2. The molecule has 14 heavy (non-hydrogen) atoms. The molecule has 0 aliphatic carbocycles. The monoisotopic (exact) mass is 197 g/mol. The maximum absolute atomic E-state index is 11.2. The average Bonchev–Trinajstić information content (AvgIpc) is 2.12. The Bertz CT molecular complexity index is 208. The third-order valence-electron chi connectivity index (χ3n) is 1.76. The van der Waals surface area contributed by atoms with Gasteiger partial charge in [-0.3, -0.25) is 4.79 Å². The lowest BCUT2D eigenvalue weighted by Gasteiger charge is -2.11. The third kappa shape index (κ3) is 6.46. The second kappa shape index (κ2) is 7.36. The summed E-state index contributed by atoms with van der Waals surface area (Å²) in [7, 11) is 3.98. The number of nitrogens with zero attached hydrogens (tertiary/aromatic N) is 1. The molecule has 4 nitrogen and oxygen atoms in total. The van der Waals surface area contributed by atoms with E-state index in [9.17, 15) is 4.79 Å². The summed E-state index contributed by atoms with van der Waals surface area (Å²) < 4.78 is 0. The number of carbonyl (C=O) groups excluding carboxylic acids is 1. The predicted molar refractivity (Wildman–Crippen MR) is 57.6 cm³/mol. The van der Waals surface area contributed by atoms with Gasteiger partial charge in [-0.15, -0.1) is 12.3 Å². The van der Waals surface area contributed by atoms with E-state index in [2.05, 4.69) is 16.1 Å². The average molecular weight is 197 g/mol. The molecular formula is C10H19N3O. The van der Waals surface area contributed by atoms with Crippen LogP contribution in [-0.4, -0.2) is 44.0 Å². The largest absolute Gasteiger partial charge is 0.355 e. The smallest absolute Gasteiger partial charge is 0.237 e. The van der Waals surface area contributed by atoms with Crippen molar-refractivity contribution in [2.24, 2.45) is 5.73 Å². The van der Waals surface area contributed by atoms with Gasteiger partial charge in [0.15, 0.2) is 0 Å². The fourth-order valence-electron chi connectivity index (χ4n) is 0.958. The molecule has 0 aromatic heterocycles. The van der Waals surface area contributed by atoms with Crippen LogP contribution in [0.25, 0.3) is 0 Å². The molecule has 1 unspecified atom stereocenters. The minimum absolute atomic E-state index is 0.165. The molecule has 0 saturated heterocycles. The van der Waals surface area contributed by atoms with Gasteiger partial charge >= 0.3 is 0 Å². The topological polar surface area (TPSA) is 58.4 Å². The van der Waals surface area contributed by atoms with Crippen molar-refractivity contribution in [3.63, 3.8) is 0 Å². The normalized spacial score (nSPS) is 12.2. The van der Waals surface area contributed by atoms with E-state index in [0.717, 1.165) is 13.0 Å². The van der Waals surface area contributed by atoms with Crippen LogP contribution >= 0.6 is 0 Å². The Kier molecular flexibility index (Phi) is 6.81. The first-order valence-electron chi connectivity index (χ1n) is 4.69. The molecule has 0 aliphatic heterocycles. The molecule has 0 fully saturated rings. The van der Waals surface area contributed by atoms with Gasteiger partial charge in [0, 0.05) is 13.0 Å². The molecule has 0 bridgehead atoms. The number of hydrogen-bond acceptors (Lipinski definition) is 3. The lowest BCUT2D eigenvalue weighted by atomic mass is 10.2. The molecule has 0 radical (unpaired) electrons. The van der Waals surface area contributed by atoms with Crippen LogP contribution in [0, 0.1) is 12.3 Å². The number of rotatable bonds is 6. The van der Waals surface area contributed by atoms with E-state index in [0.29, 0.717) is 13.0 Å². The van der Waals surface area contributed by atoms with Gasteiger partial charge in [-0.2, -0.15) is 0 Å². The van der Waals surface area contributed by atoms with E-state index < -0.39 is 6.04 Å². The van der Waals surface area contributed by atoms with E-state index in [1.165, 1.54) is 0 Å². The molecule has 0 heterocycles. The summed E-state index contributed by atoms with van der Waals surface area (Å²) in [6.45, 7) is 1.60. The SMILES string of the molecule is C#CCC(N)C(=O)NCCCN(C)C. The first-order chi connectivity index (χ1) is 6.57. The van der Waals surface area contributed by atoms with Crippen molar-refractivity contribution in [1.82, 2.24) is 10.2 Å². The van der Waals surface area contributed by atoms with Gasteiger partial charge in [-0.25, -0.2) is 0 Å². The van der Waals surface area contributed by atoms with E-state index in [4.69, 9.17) is 12.2 Å². The molecule has 4 heteroatoms. The number of hydrogen-bond donors (Lipinski definition) is 2. The van der Waals surface area contributed by atoms with Crippen molar-refractivity contribution in [3.8, 4) is 12.3 Å². The zero-order valence-corrected chi connectivity index (χ0v) is 8.92. The van der Waals surface area contributed by atoms with E-state index >= 15 is 0 Å². The standard InChI is InChI=1S/C10H19N3O/c1-4-6-9(11)10(14)12-7-5-8-13(2)3/h1,9H,5-8,11H2,2-3H3,(H,12,14). The Balaban J connectivity index is 3.50. The quantitative estimate of drug-likeness (QED) is 0.442. The predicted octanol–water partition coefficient (Wildman–Crippen LogP) is -0.595. The fraction of sp³-hybridized carbons (Fsp3) is 0.700. The Morgan fingerprint density at radius 2 is 2.29 bits per heavy atom. The van der Waals surface area contributed by atoms with Crippen LogP contribution in [0.2, 0.25) is 0 Å². The Morgan fingerprint density at radius 3 is 2.79 bits per heavy atom. The minimum Gasteiger partial charge on any atom is -0.355 e. The maximum Gasteiger partial charge on any atom is 0.237 e. The van der Waals surface area contributed by atoms with Gasteiger partial charge in [0.2, 0.25) is 5.91 Å². The molecule has 0 saturated carbocycles. The van der Waals surface area contributed by atoms with Crippen molar-refractivity contribution < 1.29 is 4.79 Å². The van der Waals surface area contributed by atoms with Crippen LogP contribution in [0.15, 0.2) is 0 Å². The molecule has 0 aromatic rings. The summed E-state index contributed by atoms with van der Waals surface area (Å²) in [6, 6.07) is -0.570. The molecule has 3 N–H and O–H groups in total. The van der Waals surface area contributed by atoms with E-state index in [1.807, 2.05) is 14.1 Å². The van der Waals surface area contributed by atoms with E-state index in [1.54, 1.807) is 0 Å². The second-order valence-electron chi connectivity index (χ2n) is 3.46. The van der Waals surface area contributed by atoms with Crippen molar-refractivity contribution in [3.05, 3.63) is 0 Å². The lowest BCUT2D eigenvalue weighted by molar-refractivity contribution is -0.122. The zero-order valence-electron chi connectivity index (χ0n) is 8.92. The van der Waals surface area contributed by atoms with Gasteiger partial charge in [0.05, 0.1) is 6.04 Å².